The number of hydrogen-bond donors (Lipinski definition) is 1. The van der Waals surface area contributed by atoms with Gasteiger partial charge < -0.3 is 20.3 Å². The molecule has 0 unspecified atom stereocenters. The van der Waals surface area contributed by atoms with Gasteiger partial charge in [-0.25, -0.2) is 14.8 Å². The zero-order valence-electron chi connectivity index (χ0n) is 16.3. The van der Waals surface area contributed by atoms with Gasteiger partial charge in [0.2, 0.25) is 5.90 Å². The van der Waals surface area contributed by atoms with Crippen LogP contribution >= 0.6 is 0 Å². The highest BCUT2D eigenvalue weighted by Crippen LogP contribution is 2.18. The van der Waals surface area contributed by atoms with Gasteiger partial charge in [0.25, 0.3) is 0 Å². The Morgan fingerprint density at radius 2 is 1.86 bits per heavy atom. The Kier molecular flexibility index (Phi) is 5.29. The van der Waals surface area contributed by atoms with Crippen LogP contribution in [0.15, 0.2) is 76.5 Å². The molecule has 7 heteroatoms. The molecule has 7 nitrogen and oxygen atoms in total. The number of carbonyl (C=O) groups is 1. The molecule has 2 aromatic rings. The number of piperazine rings is 1. The molecule has 0 bridgehead atoms. The number of para-hydroxylation sites is 1. The molecule has 0 amide bonds. The van der Waals surface area contributed by atoms with Gasteiger partial charge in [-0.3, -0.25) is 0 Å². The molecule has 29 heavy (non-hydrogen) atoms. The van der Waals surface area contributed by atoms with Gasteiger partial charge in [0.05, 0.1) is 5.69 Å². The van der Waals surface area contributed by atoms with E-state index in [1.54, 1.807) is 6.20 Å². The van der Waals surface area contributed by atoms with E-state index in [2.05, 4.69) is 14.9 Å². The van der Waals surface area contributed by atoms with Crippen LogP contribution < -0.4 is 5.73 Å². The highest BCUT2D eigenvalue weighted by molar-refractivity contribution is 6.11. The molecule has 2 heterocycles. The van der Waals surface area contributed by atoms with Crippen LogP contribution in [0.3, 0.4) is 0 Å². The second-order valence-corrected chi connectivity index (χ2v) is 7.02. The summed E-state index contributed by atoms with van der Waals surface area (Å²) in [6.45, 7) is 4.86. The molecule has 2 aliphatic heterocycles. The lowest BCUT2D eigenvalue weighted by Crippen LogP contribution is -2.49. The molecule has 1 saturated heterocycles. The number of aliphatic imine (C=N–C) groups is 2. The molecule has 148 valence electrons. The normalized spacial score (nSPS) is 18.8. The van der Waals surface area contributed by atoms with Gasteiger partial charge in [-0.2, -0.15) is 0 Å². The van der Waals surface area contributed by atoms with Crippen molar-refractivity contribution in [2.75, 3.05) is 26.2 Å². The van der Waals surface area contributed by atoms with Crippen molar-refractivity contribution in [3.63, 3.8) is 0 Å². The molecule has 0 atom stereocenters. The Morgan fingerprint density at radius 1 is 1.10 bits per heavy atom. The van der Waals surface area contributed by atoms with Crippen molar-refractivity contribution in [2.24, 2.45) is 15.7 Å². The van der Waals surface area contributed by atoms with E-state index in [1.165, 1.54) is 0 Å². The summed E-state index contributed by atoms with van der Waals surface area (Å²) in [6.07, 6.45) is 1.77. The average Bonchev–Trinajstić information content (AvgIpc) is 3.10. The topological polar surface area (TPSA) is 83.5 Å². The summed E-state index contributed by atoms with van der Waals surface area (Å²) in [5, 5.41) is 0. The molecule has 0 radical (unpaired) electrons. The average molecular weight is 389 g/mol. The monoisotopic (exact) mass is 389 g/mol. The third-order valence-corrected chi connectivity index (χ3v) is 4.83. The Labute approximate surface area is 169 Å². The van der Waals surface area contributed by atoms with Gasteiger partial charge in [-0.05, 0) is 31.2 Å². The number of ether oxygens (including phenoxy) is 1. The molecule has 0 aromatic heterocycles. The lowest BCUT2D eigenvalue weighted by atomic mass is 10.1. The van der Waals surface area contributed by atoms with E-state index in [-0.39, 0.29) is 0 Å². The summed E-state index contributed by atoms with van der Waals surface area (Å²) in [5.74, 6) is 0.431. The van der Waals surface area contributed by atoms with Gasteiger partial charge in [0.15, 0.2) is 11.7 Å². The van der Waals surface area contributed by atoms with E-state index in [0.29, 0.717) is 17.6 Å². The number of aryl methyl sites for hydroxylation is 1. The molecule has 2 aromatic carbocycles. The lowest BCUT2D eigenvalue weighted by Gasteiger charge is -2.34. The fraction of sp³-hybridized carbons (Fsp3) is 0.227. The van der Waals surface area contributed by atoms with Gasteiger partial charge in [0, 0.05) is 37.9 Å². The minimum atomic E-state index is -0.422. The molecular formula is C22H23N5O2. The number of esters is 1. The van der Waals surface area contributed by atoms with E-state index in [1.807, 2.05) is 66.4 Å². The summed E-state index contributed by atoms with van der Waals surface area (Å²) < 4.78 is 5.35. The van der Waals surface area contributed by atoms with Gasteiger partial charge in [-0.15, -0.1) is 0 Å². The van der Waals surface area contributed by atoms with Crippen molar-refractivity contribution in [3.05, 3.63) is 77.6 Å². The van der Waals surface area contributed by atoms with Crippen LogP contribution in [-0.2, 0) is 9.53 Å². The maximum Gasteiger partial charge on any atom is 0.365 e. The van der Waals surface area contributed by atoms with Crippen molar-refractivity contribution in [3.8, 4) is 0 Å². The number of nitrogens with two attached hydrogens (primary N) is 1. The van der Waals surface area contributed by atoms with Crippen molar-refractivity contribution < 1.29 is 9.53 Å². The first kappa shape index (κ1) is 18.7. The van der Waals surface area contributed by atoms with Crippen LogP contribution in [0, 0.1) is 6.92 Å². The predicted molar refractivity (Wildman–Crippen MR) is 113 cm³/mol. The number of hydrogen-bond acceptors (Lipinski definition) is 5. The highest BCUT2D eigenvalue weighted by Gasteiger charge is 2.26. The molecule has 0 aliphatic carbocycles. The molecule has 1 fully saturated rings. The fourth-order valence-corrected chi connectivity index (χ4v) is 3.26. The second-order valence-electron chi connectivity index (χ2n) is 7.02. The fourth-order valence-electron chi connectivity index (χ4n) is 3.26. The van der Waals surface area contributed by atoms with Crippen LogP contribution in [-0.4, -0.2) is 53.8 Å². The number of carbonyl (C=O) groups excluding carboxylic acids is 1. The lowest BCUT2D eigenvalue weighted by molar-refractivity contribution is -0.130. The van der Waals surface area contributed by atoms with Crippen molar-refractivity contribution in [1.29, 1.82) is 0 Å². The van der Waals surface area contributed by atoms with E-state index < -0.39 is 5.97 Å². The Bertz CT molecular complexity index is 989. The Balaban J connectivity index is 1.40. The number of cyclic esters (lactones) is 1. The molecule has 2 N–H and O–H groups in total. The standard InChI is InChI=1S/C22H23N5O2/c1-16-6-5-7-17(14-16)20-25-19(21(28)29-20)15-26-10-12-27(13-11-26)22(23)24-18-8-3-2-4-9-18/h2-9,14-15H,10-13H2,1H3,(H2,23,24)/b19-15+. The molecule has 0 saturated carbocycles. The summed E-state index contributed by atoms with van der Waals surface area (Å²) in [5.41, 5.74) is 9.20. The van der Waals surface area contributed by atoms with Crippen LogP contribution in [0.4, 0.5) is 5.69 Å². The summed E-state index contributed by atoms with van der Waals surface area (Å²) >= 11 is 0. The maximum absolute atomic E-state index is 12.2. The van der Waals surface area contributed by atoms with Crippen LogP contribution in [0.5, 0.6) is 0 Å². The summed E-state index contributed by atoms with van der Waals surface area (Å²) in [4.78, 5) is 25.2. The van der Waals surface area contributed by atoms with Crippen LogP contribution in [0.1, 0.15) is 11.1 Å². The first-order chi connectivity index (χ1) is 14.1. The largest absolute Gasteiger partial charge is 0.402 e. The Hall–Kier alpha value is -3.61. The number of rotatable bonds is 3. The van der Waals surface area contributed by atoms with Crippen molar-refractivity contribution in [2.45, 2.75) is 6.92 Å². The third-order valence-electron chi connectivity index (χ3n) is 4.83. The Morgan fingerprint density at radius 3 is 2.59 bits per heavy atom. The first-order valence-corrected chi connectivity index (χ1v) is 9.56. The molecular weight excluding hydrogens is 366 g/mol. The minimum Gasteiger partial charge on any atom is -0.402 e. The van der Waals surface area contributed by atoms with Crippen LogP contribution in [0.25, 0.3) is 0 Å². The first-order valence-electron chi connectivity index (χ1n) is 9.56. The second kappa shape index (κ2) is 8.18. The SMILES string of the molecule is Cc1cccc(C2=N/C(=C/N3CCN(C(N)=Nc4ccccc4)CC3)C(=O)O2)c1. The van der Waals surface area contributed by atoms with E-state index >= 15 is 0 Å². The summed E-state index contributed by atoms with van der Waals surface area (Å²) in [7, 11) is 0. The number of nitrogens with zero attached hydrogens (tertiary/aromatic N) is 4. The zero-order valence-corrected chi connectivity index (χ0v) is 16.3. The molecule has 2 aliphatic rings. The molecule has 0 spiro atoms. The van der Waals surface area contributed by atoms with Gasteiger partial charge in [0.1, 0.15) is 0 Å². The summed E-state index contributed by atoms with van der Waals surface area (Å²) in [6, 6.07) is 17.4. The quantitative estimate of drug-likeness (QED) is 0.377. The number of guanidine groups is 1. The highest BCUT2D eigenvalue weighted by atomic mass is 16.6. The predicted octanol–water partition coefficient (Wildman–Crippen LogP) is 2.40. The van der Waals surface area contributed by atoms with Crippen molar-refractivity contribution in [1.82, 2.24) is 9.80 Å². The number of benzene rings is 2. The van der Waals surface area contributed by atoms with E-state index in [0.717, 1.165) is 43.0 Å². The smallest absolute Gasteiger partial charge is 0.365 e. The van der Waals surface area contributed by atoms with E-state index in [4.69, 9.17) is 10.5 Å². The zero-order chi connectivity index (χ0) is 20.2. The van der Waals surface area contributed by atoms with E-state index in [9.17, 15) is 4.79 Å². The maximum atomic E-state index is 12.2. The van der Waals surface area contributed by atoms with Gasteiger partial charge in [-0.1, -0.05) is 35.9 Å². The van der Waals surface area contributed by atoms with Gasteiger partial charge >= 0.3 is 5.97 Å². The van der Waals surface area contributed by atoms with Crippen molar-refractivity contribution >= 4 is 23.5 Å². The van der Waals surface area contributed by atoms with Crippen LogP contribution in [0.2, 0.25) is 0 Å². The minimum absolute atomic E-state index is 0.320. The molecule has 4 rings (SSSR count). The third kappa shape index (κ3) is 4.45.